The summed E-state index contributed by atoms with van der Waals surface area (Å²) in [4.78, 5) is 0. The zero-order valence-electron chi connectivity index (χ0n) is 6.94. The van der Waals surface area contributed by atoms with Gasteiger partial charge in [0.05, 0.1) is 0 Å². The fourth-order valence-electron chi connectivity index (χ4n) is 0.981. The third-order valence-corrected chi connectivity index (χ3v) is 1.74. The Balaban J connectivity index is 3.20. The van der Waals surface area contributed by atoms with Gasteiger partial charge in [-0.25, -0.2) is 13.2 Å². The maximum Gasteiger partial charge on any atom is 0.163 e. The Kier molecular flexibility index (Phi) is 2.90. The lowest BCUT2D eigenvalue weighted by atomic mass is 10.1. The van der Waals surface area contributed by atoms with Crippen LogP contribution in [0.15, 0.2) is 12.1 Å². The first-order chi connectivity index (χ1) is 6.06. The quantitative estimate of drug-likeness (QED) is 0.422. The summed E-state index contributed by atoms with van der Waals surface area (Å²) >= 11 is 0. The molecule has 1 atom stereocenters. The summed E-state index contributed by atoms with van der Waals surface area (Å²) in [6.45, 7) is 1.50. The number of rotatable bonds is 2. The highest BCUT2D eigenvalue weighted by molar-refractivity contribution is 5.22. The fourth-order valence-corrected chi connectivity index (χ4v) is 0.981. The van der Waals surface area contributed by atoms with E-state index in [-0.39, 0.29) is 5.56 Å². The van der Waals surface area contributed by atoms with E-state index < -0.39 is 23.5 Å². The van der Waals surface area contributed by atoms with E-state index in [4.69, 9.17) is 5.84 Å². The molecule has 72 valence electrons. The number of hydrogen-bond acceptors (Lipinski definition) is 2. The average Bonchev–Trinajstić information content (AvgIpc) is 2.10. The van der Waals surface area contributed by atoms with Crippen molar-refractivity contribution < 1.29 is 13.2 Å². The predicted molar refractivity (Wildman–Crippen MR) is 42.1 cm³/mol. The van der Waals surface area contributed by atoms with Crippen LogP contribution in [0.1, 0.15) is 18.5 Å². The van der Waals surface area contributed by atoms with Gasteiger partial charge in [-0.05, 0) is 13.0 Å². The second kappa shape index (κ2) is 3.76. The van der Waals surface area contributed by atoms with E-state index in [1.807, 2.05) is 0 Å². The summed E-state index contributed by atoms with van der Waals surface area (Å²) in [5.41, 5.74) is 2.08. The Bertz CT molecular complexity index is 315. The van der Waals surface area contributed by atoms with Crippen molar-refractivity contribution in [3.05, 3.63) is 35.1 Å². The van der Waals surface area contributed by atoms with E-state index in [0.29, 0.717) is 6.07 Å². The molecule has 0 radical (unpaired) electrons. The van der Waals surface area contributed by atoms with E-state index in [9.17, 15) is 13.2 Å². The van der Waals surface area contributed by atoms with E-state index in [1.54, 1.807) is 0 Å². The van der Waals surface area contributed by atoms with Gasteiger partial charge in [0.15, 0.2) is 11.6 Å². The van der Waals surface area contributed by atoms with Crippen molar-refractivity contribution in [2.75, 3.05) is 0 Å². The van der Waals surface area contributed by atoms with Gasteiger partial charge in [-0.2, -0.15) is 0 Å². The molecule has 0 saturated carbocycles. The van der Waals surface area contributed by atoms with Crippen LogP contribution < -0.4 is 11.3 Å². The zero-order chi connectivity index (χ0) is 10.0. The molecule has 13 heavy (non-hydrogen) atoms. The number of nitrogens with two attached hydrogens (primary N) is 1. The number of nitrogens with one attached hydrogen (secondary N) is 1. The van der Waals surface area contributed by atoms with Crippen LogP contribution in [0.5, 0.6) is 0 Å². The molecule has 1 aromatic carbocycles. The molecular formula is C8H9F3N2. The number of hydrogen-bond donors (Lipinski definition) is 2. The Morgan fingerprint density at radius 3 is 2.46 bits per heavy atom. The largest absolute Gasteiger partial charge is 0.271 e. The first-order valence-electron chi connectivity index (χ1n) is 3.67. The molecule has 0 aromatic heterocycles. The van der Waals surface area contributed by atoms with Crippen LogP contribution in [-0.4, -0.2) is 0 Å². The summed E-state index contributed by atoms with van der Waals surface area (Å²) < 4.78 is 38.3. The van der Waals surface area contributed by atoms with Crippen molar-refractivity contribution in [1.82, 2.24) is 5.43 Å². The first kappa shape index (κ1) is 10.0. The maximum absolute atomic E-state index is 13.0. The summed E-state index contributed by atoms with van der Waals surface area (Å²) in [6, 6.07) is 0.760. The van der Waals surface area contributed by atoms with Gasteiger partial charge >= 0.3 is 0 Å². The molecule has 0 aliphatic heterocycles. The average molecular weight is 190 g/mol. The zero-order valence-corrected chi connectivity index (χ0v) is 6.94. The van der Waals surface area contributed by atoms with E-state index in [2.05, 4.69) is 5.43 Å². The standard InChI is InChI=1S/C8H9F3N2/c1-4(13-12)6-2-5(9)3-7(10)8(6)11/h2-4,13H,12H2,1H3/t4-/m0/s1. The third-order valence-electron chi connectivity index (χ3n) is 1.74. The second-order valence-electron chi connectivity index (χ2n) is 2.68. The Morgan fingerprint density at radius 1 is 1.31 bits per heavy atom. The SMILES string of the molecule is C[C@H](NN)c1cc(F)cc(F)c1F. The van der Waals surface area contributed by atoms with Crippen LogP contribution in [0.25, 0.3) is 0 Å². The molecule has 0 heterocycles. The molecule has 0 spiro atoms. The van der Waals surface area contributed by atoms with Crippen molar-refractivity contribution in [3.8, 4) is 0 Å². The first-order valence-corrected chi connectivity index (χ1v) is 3.67. The monoisotopic (exact) mass is 190 g/mol. The predicted octanol–water partition coefficient (Wildman–Crippen LogP) is 1.63. The lowest BCUT2D eigenvalue weighted by Gasteiger charge is -2.11. The molecule has 0 aliphatic carbocycles. The third kappa shape index (κ3) is 1.99. The molecule has 0 saturated heterocycles. The van der Waals surface area contributed by atoms with Crippen molar-refractivity contribution in [1.29, 1.82) is 0 Å². The minimum absolute atomic E-state index is 0.125. The van der Waals surface area contributed by atoms with Gasteiger partial charge in [0, 0.05) is 17.7 Å². The van der Waals surface area contributed by atoms with Crippen LogP contribution in [-0.2, 0) is 0 Å². The van der Waals surface area contributed by atoms with Crippen molar-refractivity contribution >= 4 is 0 Å². The van der Waals surface area contributed by atoms with E-state index in [1.165, 1.54) is 6.92 Å². The fraction of sp³-hybridized carbons (Fsp3) is 0.250. The van der Waals surface area contributed by atoms with E-state index in [0.717, 1.165) is 6.07 Å². The summed E-state index contributed by atoms with van der Waals surface area (Å²) in [5.74, 6) is 1.90. The number of benzene rings is 1. The maximum atomic E-state index is 13.0. The number of hydrazine groups is 1. The Labute approximate surface area is 73.5 Å². The molecule has 2 nitrogen and oxygen atoms in total. The second-order valence-corrected chi connectivity index (χ2v) is 2.68. The lowest BCUT2D eigenvalue weighted by molar-refractivity contribution is 0.464. The van der Waals surface area contributed by atoms with Crippen molar-refractivity contribution in [3.63, 3.8) is 0 Å². The summed E-state index contributed by atoms with van der Waals surface area (Å²) in [7, 11) is 0. The van der Waals surface area contributed by atoms with Crippen molar-refractivity contribution in [2.24, 2.45) is 5.84 Å². The van der Waals surface area contributed by atoms with Crippen LogP contribution in [0, 0.1) is 17.5 Å². The molecule has 1 rings (SSSR count). The van der Waals surface area contributed by atoms with E-state index >= 15 is 0 Å². The van der Waals surface area contributed by atoms with Gasteiger partial charge in [0.25, 0.3) is 0 Å². The van der Waals surface area contributed by atoms with Crippen molar-refractivity contribution in [2.45, 2.75) is 13.0 Å². The van der Waals surface area contributed by atoms with Gasteiger partial charge in [0.1, 0.15) is 5.82 Å². The van der Waals surface area contributed by atoms with Crippen LogP contribution in [0.4, 0.5) is 13.2 Å². The minimum Gasteiger partial charge on any atom is -0.271 e. The molecule has 0 aliphatic rings. The highest BCUT2D eigenvalue weighted by Gasteiger charge is 2.15. The molecule has 0 bridgehead atoms. The van der Waals surface area contributed by atoms with Gasteiger partial charge < -0.3 is 0 Å². The van der Waals surface area contributed by atoms with Crippen LogP contribution >= 0.6 is 0 Å². The molecule has 0 fully saturated rings. The Hall–Kier alpha value is -1.07. The highest BCUT2D eigenvalue weighted by atomic mass is 19.2. The van der Waals surface area contributed by atoms with Gasteiger partial charge in [-0.1, -0.05) is 0 Å². The highest BCUT2D eigenvalue weighted by Crippen LogP contribution is 2.19. The lowest BCUT2D eigenvalue weighted by Crippen LogP contribution is -2.26. The minimum atomic E-state index is -1.21. The molecular weight excluding hydrogens is 181 g/mol. The topological polar surface area (TPSA) is 38.0 Å². The van der Waals surface area contributed by atoms with Gasteiger partial charge in [-0.15, -0.1) is 0 Å². The van der Waals surface area contributed by atoms with Crippen LogP contribution in [0.2, 0.25) is 0 Å². The molecule has 0 amide bonds. The van der Waals surface area contributed by atoms with Gasteiger partial charge in [-0.3, -0.25) is 11.3 Å². The Morgan fingerprint density at radius 2 is 1.92 bits per heavy atom. The molecule has 5 heteroatoms. The number of halogens is 3. The molecule has 1 aromatic rings. The van der Waals surface area contributed by atoms with Crippen LogP contribution in [0.3, 0.4) is 0 Å². The molecule has 3 N–H and O–H groups in total. The molecule has 0 unspecified atom stereocenters. The van der Waals surface area contributed by atoms with Gasteiger partial charge in [0.2, 0.25) is 0 Å². The summed E-state index contributed by atoms with van der Waals surface area (Å²) in [6.07, 6.45) is 0. The normalized spacial score (nSPS) is 13.0. The summed E-state index contributed by atoms with van der Waals surface area (Å²) in [5, 5.41) is 0. The smallest absolute Gasteiger partial charge is 0.163 e.